The van der Waals surface area contributed by atoms with Crippen molar-refractivity contribution in [3.05, 3.63) is 75.6 Å². The maximum atomic E-state index is 13.3. The van der Waals surface area contributed by atoms with Crippen LogP contribution >= 0.6 is 0 Å². The van der Waals surface area contributed by atoms with E-state index in [1.165, 1.54) is 24.3 Å². The Morgan fingerprint density at radius 1 is 1.00 bits per heavy atom. The van der Waals surface area contributed by atoms with Gasteiger partial charge in [-0.1, -0.05) is 32.0 Å². The molecule has 0 radical (unpaired) electrons. The van der Waals surface area contributed by atoms with Gasteiger partial charge in [-0.15, -0.1) is 0 Å². The number of hydrogen-bond acceptors (Lipinski definition) is 4. The van der Waals surface area contributed by atoms with Crippen LogP contribution in [0.2, 0.25) is 0 Å². The number of alkyl halides is 3. The van der Waals surface area contributed by atoms with Crippen molar-refractivity contribution in [2.75, 3.05) is 6.54 Å². The summed E-state index contributed by atoms with van der Waals surface area (Å²) >= 11 is 0. The Labute approximate surface area is 177 Å². The van der Waals surface area contributed by atoms with E-state index in [1.807, 2.05) is 13.8 Å². The van der Waals surface area contributed by atoms with Gasteiger partial charge in [-0.3, -0.25) is 0 Å². The zero-order chi connectivity index (χ0) is 22.8. The van der Waals surface area contributed by atoms with Crippen LogP contribution in [0.25, 0.3) is 11.0 Å². The topological polar surface area (TPSA) is 76.4 Å². The minimum atomic E-state index is -4.69. The highest BCUT2D eigenvalue weighted by molar-refractivity contribution is 7.89. The minimum absolute atomic E-state index is 0.125. The lowest BCUT2D eigenvalue weighted by molar-refractivity contribution is -0.136. The van der Waals surface area contributed by atoms with Crippen LogP contribution in [0.3, 0.4) is 0 Å². The first kappa shape index (κ1) is 23.0. The summed E-state index contributed by atoms with van der Waals surface area (Å²) in [5.41, 5.74) is -0.956. The Morgan fingerprint density at radius 3 is 2.26 bits per heavy atom. The van der Waals surface area contributed by atoms with E-state index in [-0.39, 0.29) is 22.3 Å². The molecule has 1 N–H and O–H groups in total. The van der Waals surface area contributed by atoms with E-state index in [0.717, 1.165) is 12.0 Å². The molecule has 9 heteroatoms. The molecule has 2 aromatic carbocycles. The van der Waals surface area contributed by atoms with Crippen molar-refractivity contribution in [2.45, 2.75) is 37.8 Å². The highest BCUT2D eigenvalue weighted by Crippen LogP contribution is 2.34. The monoisotopic (exact) mass is 453 g/mol. The van der Waals surface area contributed by atoms with Gasteiger partial charge in [0.2, 0.25) is 10.0 Å². The minimum Gasteiger partial charge on any atom is -0.423 e. The maximum Gasteiger partial charge on any atom is 0.417 e. The SMILES string of the molecule is CC(C)CCNS(=O)(=O)c1ccc(Cc2ccc3oc(=O)cc(C(F)(F)F)c3c2)cc1. The quantitative estimate of drug-likeness (QED) is 0.525. The zero-order valence-electron chi connectivity index (χ0n) is 17.0. The first-order valence-electron chi connectivity index (χ1n) is 9.68. The number of fused-ring (bicyclic) bond motifs is 1. The van der Waals surface area contributed by atoms with Gasteiger partial charge < -0.3 is 4.42 Å². The third kappa shape index (κ3) is 5.74. The van der Waals surface area contributed by atoms with Gasteiger partial charge >= 0.3 is 11.8 Å². The van der Waals surface area contributed by atoms with Crippen LogP contribution in [0.4, 0.5) is 13.2 Å². The van der Waals surface area contributed by atoms with Crippen molar-refractivity contribution in [2.24, 2.45) is 5.92 Å². The molecule has 166 valence electrons. The number of sulfonamides is 1. The molecule has 0 atom stereocenters. The van der Waals surface area contributed by atoms with E-state index in [2.05, 4.69) is 4.72 Å². The molecule has 0 amide bonds. The van der Waals surface area contributed by atoms with Crippen molar-refractivity contribution in [1.82, 2.24) is 4.72 Å². The summed E-state index contributed by atoms with van der Waals surface area (Å²) in [4.78, 5) is 11.5. The lowest BCUT2D eigenvalue weighted by Gasteiger charge is -2.11. The van der Waals surface area contributed by atoms with Gasteiger partial charge in [0.05, 0.1) is 10.5 Å². The highest BCUT2D eigenvalue weighted by Gasteiger charge is 2.33. The van der Waals surface area contributed by atoms with E-state index in [0.29, 0.717) is 24.1 Å². The molecule has 1 aromatic heterocycles. The van der Waals surface area contributed by atoms with Gasteiger partial charge in [0.25, 0.3) is 0 Å². The molecule has 0 aliphatic carbocycles. The molecular formula is C22H22F3NO4S. The Hall–Kier alpha value is -2.65. The van der Waals surface area contributed by atoms with Crippen molar-refractivity contribution < 1.29 is 26.0 Å². The first-order chi connectivity index (χ1) is 14.5. The summed E-state index contributed by atoms with van der Waals surface area (Å²) < 4.78 is 72.0. The third-order valence-corrected chi connectivity index (χ3v) is 6.24. The van der Waals surface area contributed by atoms with Crippen LogP contribution in [-0.2, 0) is 22.6 Å². The molecule has 0 saturated carbocycles. The molecule has 3 aromatic rings. The van der Waals surface area contributed by atoms with Crippen LogP contribution in [0, 0.1) is 5.92 Å². The number of halogens is 3. The van der Waals surface area contributed by atoms with Gasteiger partial charge in [0.15, 0.2) is 0 Å². The van der Waals surface area contributed by atoms with Gasteiger partial charge in [-0.25, -0.2) is 17.9 Å². The maximum absolute atomic E-state index is 13.3. The molecule has 0 bridgehead atoms. The van der Waals surface area contributed by atoms with Gasteiger partial charge in [-0.05, 0) is 54.2 Å². The predicted molar refractivity (Wildman–Crippen MR) is 111 cm³/mol. The summed E-state index contributed by atoms with van der Waals surface area (Å²) in [6.07, 6.45) is -3.68. The molecule has 5 nitrogen and oxygen atoms in total. The van der Waals surface area contributed by atoms with E-state index in [9.17, 15) is 26.4 Å². The summed E-state index contributed by atoms with van der Waals surface area (Å²) in [6, 6.07) is 10.9. The second-order valence-corrected chi connectivity index (χ2v) is 9.48. The summed E-state index contributed by atoms with van der Waals surface area (Å²) in [6.45, 7) is 4.35. The van der Waals surface area contributed by atoms with Gasteiger partial charge in [0.1, 0.15) is 5.58 Å². The van der Waals surface area contributed by atoms with Crippen molar-refractivity contribution in [3.63, 3.8) is 0 Å². The fourth-order valence-corrected chi connectivity index (χ4v) is 4.19. The Kier molecular flexibility index (Phi) is 6.56. The standard InChI is InChI=1S/C22H22F3NO4S/c1-14(2)9-10-26-31(28,29)17-6-3-15(4-7-17)11-16-5-8-20-18(12-16)19(22(23,24)25)13-21(27)30-20/h3-8,12-14,26H,9-11H2,1-2H3. The number of hydrogen-bond donors (Lipinski definition) is 1. The van der Waals surface area contributed by atoms with Crippen LogP contribution in [0.15, 0.2) is 62.6 Å². The average molecular weight is 453 g/mol. The fraction of sp³-hybridized carbons (Fsp3) is 0.318. The summed E-state index contributed by atoms with van der Waals surface area (Å²) in [5, 5.41) is -0.196. The molecule has 0 saturated heterocycles. The lowest BCUT2D eigenvalue weighted by Crippen LogP contribution is -2.25. The van der Waals surface area contributed by atoms with Crippen molar-refractivity contribution >= 4 is 21.0 Å². The molecule has 0 unspecified atom stereocenters. The normalized spacial score (nSPS) is 12.6. The van der Waals surface area contributed by atoms with Crippen LogP contribution in [0.1, 0.15) is 37.0 Å². The van der Waals surface area contributed by atoms with Gasteiger partial charge in [-0.2, -0.15) is 13.2 Å². The Balaban J connectivity index is 1.83. The molecule has 31 heavy (non-hydrogen) atoms. The molecule has 1 heterocycles. The molecule has 0 aliphatic heterocycles. The number of nitrogens with one attached hydrogen (secondary N) is 1. The Bertz CT molecular complexity index is 1230. The van der Waals surface area contributed by atoms with Crippen molar-refractivity contribution in [3.8, 4) is 0 Å². The summed E-state index contributed by atoms with van der Waals surface area (Å²) in [7, 11) is -3.62. The third-order valence-electron chi connectivity index (χ3n) is 4.77. The van der Waals surface area contributed by atoms with Crippen molar-refractivity contribution in [1.29, 1.82) is 0 Å². The highest BCUT2D eigenvalue weighted by atomic mass is 32.2. The number of benzene rings is 2. The average Bonchev–Trinajstić information content (AvgIpc) is 2.67. The van der Waals surface area contributed by atoms with Gasteiger partial charge in [0, 0.05) is 18.0 Å². The second-order valence-electron chi connectivity index (χ2n) is 7.71. The van der Waals surface area contributed by atoms with E-state index < -0.39 is 27.4 Å². The van der Waals surface area contributed by atoms with Crippen LogP contribution in [0.5, 0.6) is 0 Å². The van der Waals surface area contributed by atoms with E-state index >= 15 is 0 Å². The molecular weight excluding hydrogens is 431 g/mol. The molecule has 0 spiro atoms. The first-order valence-corrected chi connectivity index (χ1v) is 11.2. The lowest BCUT2D eigenvalue weighted by atomic mass is 10.0. The largest absolute Gasteiger partial charge is 0.423 e. The van der Waals surface area contributed by atoms with E-state index in [4.69, 9.17) is 4.42 Å². The Morgan fingerprint density at radius 2 is 1.65 bits per heavy atom. The predicted octanol–water partition coefficient (Wildman–Crippen LogP) is 4.73. The fourth-order valence-electron chi connectivity index (χ4n) is 3.14. The second kappa shape index (κ2) is 8.84. The smallest absolute Gasteiger partial charge is 0.417 e. The molecule has 0 aliphatic rings. The molecule has 3 rings (SSSR count). The number of rotatable bonds is 7. The van der Waals surface area contributed by atoms with Crippen LogP contribution < -0.4 is 10.3 Å². The zero-order valence-corrected chi connectivity index (χ0v) is 17.8. The van der Waals surface area contributed by atoms with E-state index in [1.54, 1.807) is 18.2 Å². The summed E-state index contributed by atoms with van der Waals surface area (Å²) in [5.74, 6) is 0.373. The van der Waals surface area contributed by atoms with Crippen LogP contribution in [-0.4, -0.2) is 15.0 Å². The molecule has 0 fully saturated rings.